The molecule has 0 aromatic rings. The molecule has 0 aliphatic heterocycles. The number of hydrogen-bond donors (Lipinski definition) is 7. The molecular formula is C23H44N6O6. The van der Waals surface area contributed by atoms with E-state index in [4.69, 9.17) is 17.2 Å². The second-order valence-corrected chi connectivity index (χ2v) is 9.36. The van der Waals surface area contributed by atoms with Gasteiger partial charge in [-0.25, -0.2) is 4.79 Å². The van der Waals surface area contributed by atoms with Crippen molar-refractivity contribution in [3.63, 3.8) is 0 Å². The Morgan fingerprint density at radius 3 is 1.94 bits per heavy atom. The quantitative estimate of drug-likeness (QED) is 0.119. The number of carboxylic acids is 1. The van der Waals surface area contributed by atoms with Crippen molar-refractivity contribution in [3.05, 3.63) is 0 Å². The normalized spacial score (nSPS) is 15.4. The first kappa shape index (κ1) is 32.3. The van der Waals surface area contributed by atoms with Gasteiger partial charge in [0.05, 0.1) is 6.04 Å². The summed E-state index contributed by atoms with van der Waals surface area (Å²) in [7, 11) is 0. The average molecular weight is 501 g/mol. The van der Waals surface area contributed by atoms with Gasteiger partial charge in [-0.15, -0.1) is 0 Å². The molecule has 0 aliphatic carbocycles. The maximum absolute atomic E-state index is 13.1. The zero-order valence-corrected chi connectivity index (χ0v) is 21.3. The van der Waals surface area contributed by atoms with Crippen molar-refractivity contribution < 1.29 is 29.1 Å². The fourth-order valence-corrected chi connectivity index (χ4v) is 3.42. The molecule has 0 bridgehead atoms. The van der Waals surface area contributed by atoms with E-state index in [0.717, 1.165) is 0 Å². The zero-order valence-electron chi connectivity index (χ0n) is 21.3. The predicted molar refractivity (Wildman–Crippen MR) is 132 cm³/mol. The smallest absolute Gasteiger partial charge is 0.326 e. The van der Waals surface area contributed by atoms with Crippen LogP contribution in [0.2, 0.25) is 0 Å². The summed E-state index contributed by atoms with van der Waals surface area (Å²) >= 11 is 0. The number of aliphatic carboxylic acids is 1. The first-order chi connectivity index (χ1) is 16.3. The minimum atomic E-state index is -1.18. The number of carbonyl (C=O) groups excluding carboxylic acids is 4. The summed E-state index contributed by atoms with van der Waals surface area (Å²) in [5.41, 5.74) is 16.6. The lowest BCUT2D eigenvalue weighted by molar-refractivity contribution is -0.143. The summed E-state index contributed by atoms with van der Waals surface area (Å²) in [4.78, 5) is 61.4. The second kappa shape index (κ2) is 16.8. The van der Waals surface area contributed by atoms with Gasteiger partial charge in [0.1, 0.15) is 18.1 Å². The number of unbranched alkanes of at least 4 members (excludes halogenated alkanes) is 1. The highest BCUT2D eigenvalue weighted by molar-refractivity contribution is 5.94. The minimum absolute atomic E-state index is 0.0764. The number of amides is 4. The average Bonchev–Trinajstić information content (AvgIpc) is 2.77. The number of hydrogen-bond acceptors (Lipinski definition) is 7. The Hall–Kier alpha value is -2.73. The SMILES string of the molecule is CCC(C)C(NC(=O)C(CCC(N)=O)NC(=O)C(N)CC(C)C)C(=O)NC(CCCCN)C(=O)O. The van der Waals surface area contributed by atoms with Crippen molar-refractivity contribution >= 4 is 29.6 Å². The van der Waals surface area contributed by atoms with Crippen LogP contribution in [0, 0.1) is 11.8 Å². The van der Waals surface area contributed by atoms with Crippen LogP contribution in [0.4, 0.5) is 0 Å². The van der Waals surface area contributed by atoms with E-state index in [0.29, 0.717) is 32.2 Å². The van der Waals surface area contributed by atoms with E-state index in [1.54, 1.807) is 6.92 Å². The predicted octanol–water partition coefficient (Wildman–Crippen LogP) is -0.661. The molecule has 0 heterocycles. The van der Waals surface area contributed by atoms with Crippen molar-refractivity contribution in [2.24, 2.45) is 29.0 Å². The molecule has 12 nitrogen and oxygen atoms in total. The van der Waals surface area contributed by atoms with Gasteiger partial charge in [0.25, 0.3) is 0 Å². The van der Waals surface area contributed by atoms with Gasteiger partial charge in [0, 0.05) is 6.42 Å². The molecule has 0 fully saturated rings. The van der Waals surface area contributed by atoms with Crippen LogP contribution in [-0.4, -0.2) is 65.4 Å². The van der Waals surface area contributed by atoms with Gasteiger partial charge in [0.2, 0.25) is 23.6 Å². The maximum atomic E-state index is 13.1. The molecule has 0 aromatic carbocycles. The summed E-state index contributed by atoms with van der Waals surface area (Å²) in [6, 6.07) is -4.18. The maximum Gasteiger partial charge on any atom is 0.326 e. The molecule has 5 atom stereocenters. The summed E-state index contributed by atoms with van der Waals surface area (Å²) < 4.78 is 0. The Labute approximate surface area is 207 Å². The van der Waals surface area contributed by atoms with E-state index in [1.807, 2.05) is 20.8 Å². The van der Waals surface area contributed by atoms with Gasteiger partial charge in [-0.05, 0) is 50.5 Å². The van der Waals surface area contributed by atoms with E-state index in [9.17, 15) is 29.1 Å². The number of primary amides is 1. The number of nitrogens with one attached hydrogen (secondary N) is 3. The Morgan fingerprint density at radius 2 is 1.46 bits per heavy atom. The van der Waals surface area contributed by atoms with Crippen LogP contribution < -0.4 is 33.2 Å². The highest BCUT2D eigenvalue weighted by Crippen LogP contribution is 2.11. The first-order valence-corrected chi connectivity index (χ1v) is 12.2. The summed E-state index contributed by atoms with van der Waals surface area (Å²) in [5.74, 6) is -3.92. The van der Waals surface area contributed by atoms with Crippen LogP contribution in [-0.2, 0) is 24.0 Å². The van der Waals surface area contributed by atoms with E-state index in [2.05, 4.69) is 16.0 Å². The molecule has 5 unspecified atom stereocenters. The first-order valence-electron chi connectivity index (χ1n) is 12.2. The third-order valence-electron chi connectivity index (χ3n) is 5.73. The fraction of sp³-hybridized carbons (Fsp3) is 0.783. The van der Waals surface area contributed by atoms with Gasteiger partial charge in [-0.2, -0.15) is 0 Å². The Bertz CT molecular complexity index is 717. The molecule has 202 valence electrons. The largest absolute Gasteiger partial charge is 0.480 e. The molecule has 0 saturated heterocycles. The Morgan fingerprint density at radius 1 is 0.857 bits per heavy atom. The third-order valence-corrected chi connectivity index (χ3v) is 5.73. The van der Waals surface area contributed by atoms with Crippen LogP contribution in [0.15, 0.2) is 0 Å². The summed E-state index contributed by atoms with van der Waals surface area (Å²) in [6.45, 7) is 7.78. The molecule has 0 radical (unpaired) electrons. The molecule has 10 N–H and O–H groups in total. The molecule has 12 heteroatoms. The molecule has 0 aliphatic rings. The van der Waals surface area contributed by atoms with Gasteiger partial charge < -0.3 is 38.3 Å². The molecule has 0 aromatic heterocycles. The fourth-order valence-electron chi connectivity index (χ4n) is 3.42. The van der Waals surface area contributed by atoms with Crippen LogP contribution in [0.3, 0.4) is 0 Å². The molecule has 35 heavy (non-hydrogen) atoms. The lowest BCUT2D eigenvalue weighted by atomic mass is 9.96. The molecule has 0 rings (SSSR count). The van der Waals surface area contributed by atoms with E-state index >= 15 is 0 Å². The number of rotatable bonds is 18. The summed E-state index contributed by atoms with van der Waals surface area (Å²) in [6.07, 6.45) is 2.00. The van der Waals surface area contributed by atoms with Crippen LogP contribution in [0.25, 0.3) is 0 Å². The van der Waals surface area contributed by atoms with E-state index in [1.165, 1.54) is 0 Å². The summed E-state index contributed by atoms with van der Waals surface area (Å²) in [5, 5.41) is 17.1. The lowest BCUT2D eigenvalue weighted by Crippen LogP contribution is -2.58. The van der Waals surface area contributed by atoms with Crippen molar-refractivity contribution in [1.29, 1.82) is 0 Å². The highest BCUT2D eigenvalue weighted by atomic mass is 16.4. The van der Waals surface area contributed by atoms with Gasteiger partial charge in [-0.1, -0.05) is 34.1 Å². The van der Waals surface area contributed by atoms with Crippen molar-refractivity contribution in [3.8, 4) is 0 Å². The van der Waals surface area contributed by atoms with E-state index in [-0.39, 0.29) is 31.1 Å². The lowest BCUT2D eigenvalue weighted by Gasteiger charge is -2.28. The van der Waals surface area contributed by atoms with Crippen molar-refractivity contribution in [2.75, 3.05) is 6.54 Å². The standard InChI is InChI=1S/C23H44N6O6/c1-5-14(4)19(22(33)28-17(23(34)35)8-6-7-11-24)29-21(32)16(9-10-18(26)30)27-20(31)15(25)12-13(2)3/h13-17,19H,5-12,24-25H2,1-4H3,(H2,26,30)(H,27,31)(H,28,33)(H,29,32)(H,34,35). The topological polar surface area (TPSA) is 220 Å². The minimum Gasteiger partial charge on any atom is -0.480 e. The Balaban J connectivity index is 5.56. The zero-order chi connectivity index (χ0) is 27.1. The third kappa shape index (κ3) is 13.1. The van der Waals surface area contributed by atoms with Crippen molar-refractivity contribution in [1.82, 2.24) is 16.0 Å². The molecular weight excluding hydrogens is 456 g/mol. The number of carbonyl (C=O) groups is 5. The monoisotopic (exact) mass is 500 g/mol. The van der Waals surface area contributed by atoms with E-state index < -0.39 is 53.8 Å². The van der Waals surface area contributed by atoms with Crippen LogP contribution >= 0.6 is 0 Å². The highest BCUT2D eigenvalue weighted by Gasteiger charge is 2.32. The van der Waals surface area contributed by atoms with Gasteiger partial charge >= 0.3 is 5.97 Å². The molecule has 0 spiro atoms. The second-order valence-electron chi connectivity index (χ2n) is 9.36. The van der Waals surface area contributed by atoms with Gasteiger partial charge in [-0.3, -0.25) is 19.2 Å². The van der Waals surface area contributed by atoms with Crippen LogP contribution in [0.1, 0.15) is 72.6 Å². The number of nitrogens with two attached hydrogens (primary N) is 3. The number of carboxylic acid groups (broad SMARTS) is 1. The molecule has 4 amide bonds. The van der Waals surface area contributed by atoms with Gasteiger partial charge in [0.15, 0.2) is 0 Å². The Kier molecular flexibility index (Phi) is 15.5. The van der Waals surface area contributed by atoms with Crippen LogP contribution in [0.5, 0.6) is 0 Å². The molecule has 0 saturated carbocycles. The van der Waals surface area contributed by atoms with Crippen molar-refractivity contribution in [2.45, 2.75) is 96.8 Å².